The van der Waals surface area contributed by atoms with E-state index in [1.165, 1.54) is 0 Å². The summed E-state index contributed by atoms with van der Waals surface area (Å²) in [5.74, 6) is 0. The molecule has 0 fully saturated rings. The third kappa shape index (κ3) is 40.5. The Kier molecular flexibility index (Phi) is 287. The van der Waals surface area contributed by atoms with E-state index in [0.29, 0.717) is 0 Å². The fourth-order valence-electron chi connectivity index (χ4n) is 0. The number of hydrogen-bond donors (Lipinski definition) is 0. The van der Waals surface area contributed by atoms with Crippen LogP contribution in [0.15, 0.2) is 0 Å². The third-order valence-electron chi connectivity index (χ3n) is 0. The van der Waals surface area contributed by atoms with Gasteiger partial charge in [-0.3, -0.25) is 0 Å². The van der Waals surface area contributed by atoms with E-state index in [1.807, 2.05) is 0 Å². The van der Waals surface area contributed by atoms with Crippen molar-refractivity contribution >= 4 is 0 Å². The van der Waals surface area contributed by atoms with Gasteiger partial charge in [-0.25, -0.2) is 0 Å². The van der Waals surface area contributed by atoms with E-state index in [9.17, 15) is 0 Å². The van der Waals surface area contributed by atoms with Gasteiger partial charge in [0, 0.05) is 0 Å². The molecule has 0 saturated carbocycles. The van der Waals surface area contributed by atoms with Crippen molar-refractivity contribution in [3.8, 4) is 0 Å². The molecule has 30 valence electrons. The van der Waals surface area contributed by atoms with Crippen LogP contribution in [-0.4, -0.2) is 0 Å². The van der Waals surface area contributed by atoms with Crippen LogP contribution in [-0.2, 0) is 39.6 Å². The fraction of sp³-hybridized carbons (Fsp3) is 0. The average Bonchev–Trinajstić information content (AvgIpc) is 1.50. The summed E-state index contributed by atoms with van der Waals surface area (Å²) in [5, 5.41) is 0. The molecule has 2 nitrogen and oxygen atoms in total. The Morgan fingerprint density at radius 1 is 0.833 bits per heavy atom. The van der Waals surface area contributed by atoms with Crippen molar-refractivity contribution in [2.24, 2.45) is 0 Å². The molecule has 0 aliphatic rings. The van der Waals surface area contributed by atoms with Crippen LogP contribution in [0, 0.1) is 0 Å². The molecule has 0 aromatic heterocycles. The van der Waals surface area contributed by atoms with Crippen LogP contribution in [0.3, 0.4) is 0 Å². The molecule has 0 atom stereocenters. The van der Waals surface area contributed by atoms with Crippen LogP contribution in [0.1, 0.15) is 2.85 Å². The fourth-order valence-corrected chi connectivity index (χ4v) is 0. The second-order valence-corrected chi connectivity index (χ2v) is 0. The van der Waals surface area contributed by atoms with Gasteiger partial charge in [0.1, 0.15) is 0 Å². The van der Waals surface area contributed by atoms with Gasteiger partial charge in [0.2, 0.25) is 0 Å². The Morgan fingerprint density at radius 3 is 0.833 bits per heavy atom. The molecule has 0 saturated heterocycles. The van der Waals surface area contributed by atoms with Gasteiger partial charge in [-0.2, -0.15) is 0 Å². The predicted molar refractivity (Wildman–Crippen MR) is 3.60 cm³/mol. The standard InChI is InChI=1S/2Li.2Mn.2O.2H/q2*+1;;;;;2*-1. The molecule has 0 amide bonds. The summed E-state index contributed by atoms with van der Waals surface area (Å²) in [6.45, 7) is 0. The summed E-state index contributed by atoms with van der Waals surface area (Å²) in [6, 6.07) is 0. The Bertz CT molecular complexity index is 18.0. The normalized spacial score (nSPS) is 1.33. The average molecular weight is 158 g/mol. The Balaban J connectivity index is -0.00000000167. The van der Waals surface area contributed by atoms with Crippen LogP contribution in [0.25, 0.3) is 0 Å². The van der Waals surface area contributed by atoms with E-state index in [4.69, 9.17) is 7.67 Å². The monoisotopic (exact) mass is 158 g/mol. The van der Waals surface area contributed by atoms with Crippen LogP contribution in [0.2, 0.25) is 0 Å². The molecule has 0 rings (SSSR count). The molecule has 0 aliphatic heterocycles. The summed E-state index contributed by atoms with van der Waals surface area (Å²) < 4.78 is 16.1. The quantitative estimate of drug-likeness (QED) is 0.329. The maximum atomic E-state index is 8.06. The van der Waals surface area contributed by atoms with Crippen molar-refractivity contribution in [1.82, 2.24) is 0 Å². The SMILES string of the molecule is [H-].[H-].[Li+].[Li+].[O]=[Mn].[O]=[Mn]. The first-order valence-electron chi connectivity index (χ1n) is 0.309. The van der Waals surface area contributed by atoms with E-state index in [0.717, 1.165) is 0 Å². The molecule has 0 aromatic carbocycles. The van der Waals surface area contributed by atoms with E-state index in [1.54, 1.807) is 31.9 Å². The van der Waals surface area contributed by atoms with Crippen LogP contribution in [0.4, 0.5) is 0 Å². The summed E-state index contributed by atoms with van der Waals surface area (Å²) in [7, 11) is 0. The van der Waals surface area contributed by atoms with Crippen molar-refractivity contribution in [2.45, 2.75) is 0 Å². The van der Waals surface area contributed by atoms with Crippen LogP contribution >= 0.6 is 0 Å². The molecule has 0 N–H and O–H groups in total. The van der Waals surface area contributed by atoms with Gasteiger partial charge in [-0.05, 0) is 0 Å². The van der Waals surface area contributed by atoms with Crippen molar-refractivity contribution in [1.29, 1.82) is 0 Å². The van der Waals surface area contributed by atoms with Crippen molar-refractivity contribution in [2.75, 3.05) is 0 Å². The first-order valence-corrected chi connectivity index (χ1v) is 1.27. The minimum atomic E-state index is 0. The zero-order valence-electron chi connectivity index (χ0n) is 5.57. The summed E-state index contributed by atoms with van der Waals surface area (Å²) in [4.78, 5) is 0. The van der Waals surface area contributed by atoms with Crippen LogP contribution in [0.5, 0.6) is 0 Å². The molecule has 0 heterocycles. The van der Waals surface area contributed by atoms with Gasteiger partial charge < -0.3 is 2.85 Å². The first kappa shape index (κ1) is 24.9. The molecular weight excluding hydrogens is 156 g/mol. The molecule has 0 spiro atoms. The molecule has 6 heteroatoms. The zero-order chi connectivity index (χ0) is 4.00. The van der Waals surface area contributed by atoms with E-state index < -0.39 is 0 Å². The second kappa shape index (κ2) is 69.2. The van der Waals surface area contributed by atoms with E-state index >= 15 is 0 Å². The van der Waals surface area contributed by atoms with Crippen LogP contribution < -0.4 is 37.7 Å². The predicted octanol–water partition coefficient (Wildman–Crippen LogP) is -6.01. The Morgan fingerprint density at radius 2 is 0.833 bits per heavy atom. The van der Waals surface area contributed by atoms with Gasteiger partial charge >= 0.3 is 77.3 Å². The van der Waals surface area contributed by atoms with Gasteiger partial charge in [0.25, 0.3) is 0 Å². The molecule has 6 heavy (non-hydrogen) atoms. The van der Waals surface area contributed by atoms with Gasteiger partial charge in [0.05, 0.1) is 0 Å². The third-order valence-corrected chi connectivity index (χ3v) is 0. The molecule has 0 aromatic rings. The van der Waals surface area contributed by atoms with Gasteiger partial charge in [0.15, 0.2) is 0 Å². The molecule has 0 bridgehead atoms. The second-order valence-electron chi connectivity index (χ2n) is 0. The first-order chi connectivity index (χ1) is 2.00. The van der Waals surface area contributed by atoms with Gasteiger partial charge in [-0.1, -0.05) is 0 Å². The maximum absolute atomic E-state index is 8.06. The number of hydrogen-bond acceptors (Lipinski definition) is 2. The summed E-state index contributed by atoms with van der Waals surface area (Å²) in [6.07, 6.45) is 0. The summed E-state index contributed by atoms with van der Waals surface area (Å²) >= 11 is 3.38. The summed E-state index contributed by atoms with van der Waals surface area (Å²) in [5.41, 5.74) is 0. The van der Waals surface area contributed by atoms with Crippen molar-refractivity contribution in [3.63, 3.8) is 0 Å². The molecular formula is H2Li2Mn2O2. The Labute approximate surface area is 79.6 Å². The molecule has 0 aliphatic carbocycles. The topological polar surface area (TPSA) is 34.1 Å². The van der Waals surface area contributed by atoms with Crippen molar-refractivity contribution in [3.05, 3.63) is 0 Å². The Hall–Kier alpha value is 1.83. The zero-order valence-corrected chi connectivity index (χ0v) is 5.93. The molecule has 0 unspecified atom stereocenters. The van der Waals surface area contributed by atoms with E-state index in [-0.39, 0.29) is 40.6 Å². The van der Waals surface area contributed by atoms with E-state index in [2.05, 4.69) is 0 Å². The van der Waals surface area contributed by atoms with Crippen molar-refractivity contribution < 1.29 is 80.1 Å². The molecule has 0 radical (unpaired) electrons. The van der Waals surface area contributed by atoms with Gasteiger partial charge in [-0.15, -0.1) is 0 Å². The number of rotatable bonds is 0. The minimum absolute atomic E-state index is 0.